The van der Waals surface area contributed by atoms with Crippen LogP contribution in [-0.2, 0) is 25.6 Å². The van der Waals surface area contributed by atoms with Crippen molar-refractivity contribution in [3.8, 4) is 0 Å². The van der Waals surface area contributed by atoms with Crippen molar-refractivity contribution < 1.29 is 19.0 Å². The molecule has 4 nitrogen and oxygen atoms in total. The van der Waals surface area contributed by atoms with Crippen LogP contribution in [0.1, 0.15) is 32.8 Å². The molecular formula is C19H28O4. The standard InChI is InChI=1S/C19H28O4/c1-19(2,3)18(20)23-13-9-8-12-17(21-4)15-22-14-16-10-6-5-7-11-16/h5-11,17H,12-15H2,1-4H3/b9-8+/t17-/m0/s1. The average molecular weight is 320 g/mol. The van der Waals surface area contributed by atoms with Crippen LogP contribution in [0.2, 0.25) is 0 Å². The van der Waals surface area contributed by atoms with Crippen LogP contribution in [0.3, 0.4) is 0 Å². The van der Waals surface area contributed by atoms with Crippen molar-refractivity contribution >= 4 is 5.97 Å². The highest BCUT2D eigenvalue weighted by molar-refractivity contribution is 5.75. The molecule has 0 bridgehead atoms. The minimum atomic E-state index is -0.464. The third-order valence-corrected chi connectivity index (χ3v) is 3.24. The highest BCUT2D eigenvalue weighted by atomic mass is 16.5. The van der Waals surface area contributed by atoms with E-state index in [2.05, 4.69) is 0 Å². The minimum Gasteiger partial charge on any atom is -0.461 e. The van der Waals surface area contributed by atoms with Gasteiger partial charge < -0.3 is 14.2 Å². The second-order valence-corrected chi connectivity index (χ2v) is 6.41. The Morgan fingerprint density at radius 3 is 2.48 bits per heavy atom. The predicted molar refractivity (Wildman–Crippen MR) is 91.1 cm³/mol. The van der Waals surface area contributed by atoms with E-state index in [0.717, 1.165) is 12.0 Å². The second-order valence-electron chi connectivity index (χ2n) is 6.41. The van der Waals surface area contributed by atoms with Gasteiger partial charge in [-0.25, -0.2) is 0 Å². The molecule has 1 aromatic carbocycles. The normalized spacial score (nSPS) is 13.2. The zero-order valence-corrected chi connectivity index (χ0v) is 14.6. The first-order chi connectivity index (χ1) is 10.9. The number of ether oxygens (including phenoxy) is 3. The van der Waals surface area contributed by atoms with Gasteiger partial charge in [0.05, 0.1) is 24.7 Å². The van der Waals surface area contributed by atoms with Gasteiger partial charge in [0.2, 0.25) is 0 Å². The fraction of sp³-hybridized carbons (Fsp3) is 0.526. The molecule has 0 fully saturated rings. The molecule has 0 amide bonds. The maximum atomic E-state index is 11.6. The lowest BCUT2D eigenvalue weighted by Gasteiger charge is -2.15. The molecule has 0 aliphatic rings. The van der Waals surface area contributed by atoms with Gasteiger partial charge in [0.1, 0.15) is 6.61 Å². The smallest absolute Gasteiger partial charge is 0.311 e. The summed E-state index contributed by atoms with van der Waals surface area (Å²) in [6.07, 6.45) is 4.51. The molecule has 1 atom stereocenters. The number of rotatable bonds is 9. The van der Waals surface area contributed by atoms with E-state index in [0.29, 0.717) is 13.2 Å². The summed E-state index contributed by atoms with van der Waals surface area (Å²) in [6.45, 7) is 6.90. The van der Waals surface area contributed by atoms with Crippen LogP contribution in [-0.4, -0.2) is 32.4 Å². The molecule has 0 spiro atoms. The molecule has 0 saturated carbocycles. The summed E-state index contributed by atoms with van der Waals surface area (Å²) >= 11 is 0. The largest absolute Gasteiger partial charge is 0.461 e. The Morgan fingerprint density at radius 1 is 1.17 bits per heavy atom. The van der Waals surface area contributed by atoms with E-state index in [9.17, 15) is 4.79 Å². The number of carbonyl (C=O) groups excluding carboxylic acids is 1. The highest BCUT2D eigenvalue weighted by Crippen LogP contribution is 2.14. The molecule has 0 heterocycles. The molecule has 0 saturated heterocycles. The van der Waals surface area contributed by atoms with Gasteiger partial charge in [-0.05, 0) is 32.8 Å². The van der Waals surface area contributed by atoms with Crippen LogP contribution >= 0.6 is 0 Å². The molecule has 23 heavy (non-hydrogen) atoms. The van der Waals surface area contributed by atoms with Crippen LogP contribution in [0.25, 0.3) is 0 Å². The van der Waals surface area contributed by atoms with Gasteiger partial charge in [-0.2, -0.15) is 0 Å². The van der Waals surface area contributed by atoms with Gasteiger partial charge in [0, 0.05) is 7.11 Å². The van der Waals surface area contributed by atoms with Crippen molar-refractivity contribution in [1.82, 2.24) is 0 Å². The fourth-order valence-electron chi connectivity index (χ4n) is 1.77. The SMILES string of the molecule is CO[C@@H](C/C=C/COC(=O)C(C)(C)C)COCc1ccccc1. The van der Waals surface area contributed by atoms with Crippen LogP contribution < -0.4 is 0 Å². The van der Waals surface area contributed by atoms with Crippen LogP contribution in [0, 0.1) is 5.41 Å². The summed E-state index contributed by atoms with van der Waals surface area (Å²) in [5, 5.41) is 0. The van der Waals surface area contributed by atoms with Crippen LogP contribution in [0.4, 0.5) is 0 Å². The quantitative estimate of drug-likeness (QED) is 0.513. The number of hydrogen-bond donors (Lipinski definition) is 0. The number of methoxy groups -OCH3 is 1. The Hall–Kier alpha value is -1.65. The maximum absolute atomic E-state index is 11.6. The molecule has 128 valence electrons. The first-order valence-electron chi connectivity index (χ1n) is 7.90. The third-order valence-electron chi connectivity index (χ3n) is 3.24. The summed E-state index contributed by atoms with van der Waals surface area (Å²) in [6, 6.07) is 10.0. The summed E-state index contributed by atoms with van der Waals surface area (Å²) in [5.74, 6) is -0.198. The zero-order valence-electron chi connectivity index (χ0n) is 14.6. The Kier molecular flexibility index (Phi) is 8.59. The Bertz CT molecular complexity index is 474. The van der Waals surface area contributed by atoms with Crippen molar-refractivity contribution in [2.24, 2.45) is 5.41 Å². The molecule has 1 rings (SSSR count). The first-order valence-corrected chi connectivity index (χ1v) is 7.90. The second kappa shape index (κ2) is 10.2. The van der Waals surface area contributed by atoms with Gasteiger partial charge in [0.25, 0.3) is 0 Å². The fourth-order valence-corrected chi connectivity index (χ4v) is 1.77. The Balaban J connectivity index is 2.20. The van der Waals surface area contributed by atoms with Crippen molar-refractivity contribution in [1.29, 1.82) is 0 Å². The Labute approximate surface area is 139 Å². The lowest BCUT2D eigenvalue weighted by molar-refractivity contribution is -0.151. The minimum absolute atomic E-state index is 0.00622. The van der Waals surface area contributed by atoms with E-state index in [4.69, 9.17) is 14.2 Å². The third kappa shape index (κ3) is 8.53. The van der Waals surface area contributed by atoms with E-state index in [-0.39, 0.29) is 18.7 Å². The van der Waals surface area contributed by atoms with Gasteiger partial charge in [-0.15, -0.1) is 0 Å². The van der Waals surface area contributed by atoms with Crippen LogP contribution in [0.5, 0.6) is 0 Å². The van der Waals surface area contributed by atoms with Gasteiger partial charge in [-0.1, -0.05) is 42.5 Å². The molecular weight excluding hydrogens is 292 g/mol. The zero-order chi connectivity index (χ0) is 17.1. The lowest BCUT2D eigenvalue weighted by atomic mass is 9.97. The first kappa shape index (κ1) is 19.4. The summed E-state index contributed by atoms with van der Waals surface area (Å²) < 4.78 is 16.2. The van der Waals surface area contributed by atoms with Gasteiger partial charge in [-0.3, -0.25) is 4.79 Å². The van der Waals surface area contributed by atoms with Gasteiger partial charge >= 0.3 is 5.97 Å². The molecule has 0 aromatic heterocycles. The topological polar surface area (TPSA) is 44.8 Å². The molecule has 1 aromatic rings. The molecule has 0 N–H and O–H groups in total. The number of benzene rings is 1. The summed E-state index contributed by atoms with van der Waals surface area (Å²) in [5.41, 5.74) is 0.681. The van der Waals surface area contributed by atoms with E-state index >= 15 is 0 Å². The van der Waals surface area contributed by atoms with Crippen molar-refractivity contribution in [3.05, 3.63) is 48.0 Å². The number of carbonyl (C=O) groups is 1. The van der Waals surface area contributed by atoms with Crippen molar-refractivity contribution in [2.75, 3.05) is 20.3 Å². The molecule has 0 unspecified atom stereocenters. The van der Waals surface area contributed by atoms with Gasteiger partial charge in [0.15, 0.2) is 0 Å². The molecule has 0 radical (unpaired) electrons. The van der Waals surface area contributed by atoms with E-state index < -0.39 is 5.41 Å². The Morgan fingerprint density at radius 2 is 1.87 bits per heavy atom. The summed E-state index contributed by atoms with van der Waals surface area (Å²) in [7, 11) is 1.67. The van der Waals surface area contributed by atoms with Crippen molar-refractivity contribution in [2.45, 2.75) is 39.9 Å². The maximum Gasteiger partial charge on any atom is 0.311 e. The molecule has 0 aliphatic heterocycles. The highest BCUT2D eigenvalue weighted by Gasteiger charge is 2.22. The average Bonchev–Trinajstić information content (AvgIpc) is 2.52. The predicted octanol–water partition coefficient (Wildman–Crippen LogP) is 3.75. The van der Waals surface area contributed by atoms with E-state index in [1.807, 2.05) is 63.3 Å². The molecule has 4 heteroatoms. The van der Waals surface area contributed by atoms with Crippen LogP contribution in [0.15, 0.2) is 42.5 Å². The van der Waals surface area contributed by atoms with Crippen molar-refractivity contribution in [3.63, 3.8) is 0 Å². The monoisotopic (exact) mass is 320 g/mol. The number of esters is 1. The van der Waals surface area contributed by atoms with E-state index in [1.54, 1.807) is 7.11 Å². The lowest BCUT2D eigenvalue weighted by Crippen LogP contribution is -2.23. The number of hydrogen-bond acceptors (Lipinski definition) is 4. The van der Waals surface area contributed by atoms with E-state index in [1.165, 1.54) is 0 Å². The summed E-state index contributed by atoms with van der Waals surface area (Å²) in [4.78, 5) is 11.6. The molecule has 0 aliphatic carbocycles.